The van der Waals surface area contributed by atoms with Crippen molar-refractivity contribution in [2.45, 2.75) is 130 Å². The zero-order chi connectivity index (χ0) is 41.1. The Bertz CT molecular complexity index is 1350. The SMILES string of the molecule is C/C=C\C(=O)N(C=O)CCCCCC(=O)NCC(=O)NC(C)C(=O)Nc1ccc(COC)c(CCC2CC(O)CC(C(=O)O)O2)c1.CC(C)C=O.CCC. The van der Waals surface area contributed by atoms with Crippen LogP contribution in [0.15, 0.2) is 30.4 Å². The van der Waals surface area contributed by atoms with E-state index in [4.69, 9.17) is 9.47 Å². The number of unbranched alkanes of at least 4 members (excludes halogenated alkanes) is 2. The van der Waals surface area contributed by atoms with Crippen molar-refractivity contribution in [2.75, 3.05) is 25.5 Å². The summed E-state index contributed by atoms with van der Waals surface area (Å²) in [6, 6.07) is 4.40. The minimum absolute atomic E-state index is 0.0509. The van der Waals surface area contributed by atoms with Crippen LogP contribution >= 0.6 is 0 Å². The van der Waals surface area contributed by atoms with E-state index in [0.717, 1.165) is 22.3 Å². The van der Waals surface area contributed by atoms with Gasteiger partial charge in [-0.1, -0.05) is 52.7 Å². The molecule has 0 aromatic heterocycles. The van der Waals surface area contributed by atoms with Crippen LogP contribution in [0.1, 0.15) is 104 Å². The number of aliphatic carboxylic acids is 1. The van der Waals surface area contributed by atoms with Crippen LogP contribution in [0.25, 0.3) is 0 Å². The topological polar surface area (TPSA) is 218 Å². The van der Waals surface area contributed by atoms with Crippen LogP contribution in [0.4, 0.5) is 5.69 Å². The highest BCUT2D eigenvalue weighted by molar-refractivity contribution is 5.97. The summed E-state index contributed by atoms with van der Waals surface area (Å²) in [6.07, 6.45) is 6.43. The molecule has 0 aliphatic carbocycles. The lowest BCUT2D eigenvalue weighted by Crippen LogP contribution is -2.45. The molecule has 1 aliphatic rings. The normalized spacial score (nSPS) is 16.8. The van der Waals surface area contributed by atoms with Crippen molar-refractivity contribution in [3.05, 3.63) is 41.5 Å². The quantitative estimate of drug-likeness (QED) is 0.0733. The van der Waals surface area contributed by atoms with Crippen LogP contribution in [-0.4, -0.2) is 102 Å². The fourth-order valence-electron chi connectivity index (χ4n) is 4.96. The number of nitrogens with one attached hydrogen (secondary N) is 3. The summed E-state index contributed by atoms with van der Waals surface area (Å²) >= 11 is 0. The van der Waals surface area contributed by atoms with Gasteiger partial charge in [0.25, 0.3) is 5.91 Å². The number of nitrogens with zero attached hydrogens (tertiary/aromatic N) is 1. The van der Waals surface area contributed by atoms with Crippen LogP contribution in [0, 0.1) is 5.92 Å². The molecule has 54 heavy (non-hydrogen) atoms. The van der Waals surface area contributed by atoms with Crippen molar-refractivity contribution >= 4 is 48.0 Å². The number of ether oxygens (including phenoxy) is 2. The number of rotatable bonds is 20. The smallest absolute Gasteiger partial charge is 0.332 e. The van der Waals surface area contributed by atoms with E-state index in [1.54, 1.807) is 32.2 Å². The number of carboxylic acid groups (broad SMARTS) is 1. The van der Waals surface area contributed by atoms with Crippen LogP contribution in [0.5, 0.6) is 0 Å². The number of hydrogen-bond donors (Lipinski definition) is 5. The van der Waals surface area contributed by atoms with E-state index in [1.165, 1.54) is 19.4 Å². The first-order valence-electron chi connectivity index (χ1n) is 18.5. The van der Waals surface area contributed by atoms with E-state index in [9.17, 15) is 43.8 Å². The fraction of sp³-hybridized carbons (Fsp3) is 0.615. The Morgan fingerprint density at radius 3 is 2.26 bits per heavy atom. The molecule has 15 nitrogen and oxygen atoms in total. The number of carbonyl (C=O) groups excluding carboxylic acids is 6. The van der Waals surface area contributed by atoms with Crippen molar-refractivity contribution in [3.8, 4) is 0 Å². The molecule has 0 spiro atoms. The van der Waals surface area contributed by atoms with E-state index in [-0.39, 0.29) is 37.8 Å². The van der Waals surface area contributed by atoms with Gasteiger partial charge in [-0.15, -0.1) is 0 Å². The maximum atomic E-state index is 12.8. The molecule has 1 aromatic rings. The largest absolute Gasteiger partial charge is 0.479 e. The van der Waals surface area contributed by atoms with Gasteiger partial charge in [0.15, 0.2) is 6.10 Å². The van der Waals surface area contributed by atoms with Gasteiger partial charge < -0.3 is 40.4 Å². The summed E-state index contributed by atoms with van der Waals surface area (Å²) in [4.78, 5) is 81.9. The third kappa shape index (κ3) is 21.9. The molecule has 1 aliphatic heterocycles. The summed E-state index contributed by atoms with van der Waals surface area (Å²) in [5, 5.41) is 27.2. The highest BCUT2D eigenvalue weighted by atomic mass is 16.5. The summed E-state index contributed by atoms with van der Waals surface area (Å²) < 4.78 is 10.9. The minimum Gasteiger partial charge on any atom is -0.479 e. The summed E-state index contributed by atoms with van der Waals surface area (Å²) in [5.74, 6) is -2.63. The second-order valence-electron chi connectivity index (χ2n) is 13.3. The molecule has 1 saturated heterocycles. The van der Waals surface area contributed by atoms with Crippen LogP contribution in [0.2, 0.25) is 0 Å². The number of aliphatic hydroxyl groups is 1. The first-order chi connectivity index (χ1) is 25.6. The summed E-state index contributed by atoms with van der Waals surface area (Å²) in [7, 11) is 1.56. The van der Waals surface area contributed by atoms with Crippen LogP contribution in [-0.2, 0) is 56.1 Å². The number of benzene rings is 1. The third-order valence-corrected chi connectivity index (χ3v) is 7.67. The lowest BCUT2D eigenvalue weighted by molar-refractivity contribution is -0.166. The monoisotopic (exact) mass is 762 g/mol. The van der Waals surface area contributed by atoms with E-state index < -0.39 is 48.0 Å². The Balaban J connectivity index is 0.00000318. The van der Waals surface area contributed by atoms with E-state index in [2.05, 4.69) is 29.8 Å². The maximum absolute atomic E-state index is 12.8. The lowest BCUT2D eigenvalue weighted by Gasteiger charge is -2.31. The van der Waals surface area contributed by atoms with Gasteiger partial charge in [-0.2, -0.15) is 0 Å². The predicted octanol–water partition coefficient (Wildman–Crippen LogP) is 3.70. The Hall–Kier alpha value is -4.47. The van der Waals surface area contributed by atoms with Crippen molar-refractivity contribution in [1.29, 1.82) is 0 Å². The van der Waals surface area contributed by atoms with Gasteiger partial charge in [0.2, 0.25) is 24.1 Å². The molecule has 304 valence electrons. The number of imide groups is 1. The first-order valence-corrected chi connectivity index (χ1v) is 18.5. The number of carbonyl (C=O) groups is 7. The zero-order valence-corrected chi connectivity index (χ0v) is 32.9. The van der Waals surface area contributed by atoms with Gasteiger partial charge in [0.05, 0.1) is 25.4 Å². The number of methoxy groups -OCH3 is 1. The minimum atomic E-state index is -1.11. The average molecular weight is 763 g/mol. The number of aliphatic hydroxyl groups excluding tert-OH is 1. The maximum Gasteiger partial charge on any atom is 0.332 e. The van der Waals surface area contributed by atoms with Crippen LogP contribution in [0.3, 0.4) is 0 Å². The number of hydrogen-bond acceptors (Lipinski definition) is 10. The van der Waals surface area contributed by atoms with E-state index in [1.807, 2.05) is 19.9 Å². The van der Waals surface area contributed by atoms with E-state index in [0.29, 0.717) is 57.2 Å². The highest BCUT2D eigenvalue weighted by Gasteiger charge is 2.32. The Morgan fingerprint density at radius 2 is 1.69 bits per heavy atom. The fourth-order valence-corrected chi connectivity index (χ4v) is 4.96. The molecule has 1 heterocycles. The number of aldehydes is 1. The van der Waals surface area contributed by atoms with Gasteiger partial charge >= 0.3 is 5.97 Å². The van der Waals surface area contributed by atoms with Crippen molar-refractivity contribution in [3.63, 3.8) is 0 Å². The Kier molecular flexibility index (Phi) is 26.6. The van der Waals surface area contributed by atoms with Gasteiger partial charge in [0.1, 0.15) is 12.3 Å². The highest BCUT2D eigenvalue weighted by Crippen LogP contribution is 2.25. The molecule has 15 heteroatoms. The van der Waals surface area contributed by atoms with Crippen molar-refractivity contribution in [2.24, 2.45) is 5.92 Å². The molecular weight excluding hydrogens is 700 g/mol. The number of carboxylic acids is 1. The molecule has 4 atom stereocenters. The molecule has 4 unspecified atom stereocenters. The molecule has 1 fully saturated rings. The second-order valence-corrected chi connectivity index (χ2v) is 13.3. The van der Waals surface area contributed by atoms with Gasteiger partial charge in [-0.25, -0.2) is 4.79 Å². The van der Waals surface area contributed by atoms with Gasteiger partial charge in [-0.3, -0.25) is 28.9 Å². The second kappa shape index (κ2) is 29.0. The van der Waals surface area contributed by atoms with Crippen molar-refractivity contribution in [1.82, 2.24) is 15.5 Å². The summed E-state index contributed by atoms with van der Waals surface area (Å²) in [5.41, 5.74) is 2.23. The molecule has 0 radical (unpaired) electrons. The number of aryl methyl sites for hydroxylation is 1. The van der Waals surface area contributed by atoms with Crippen molar-refractivity contribution < 1.29 is 53.2 Å². The molecule has 5 N–H and O–H groups in total. The standard InChI is InChI=1S/C32H46N4O10.C4H8O.C3H8/c1-4-8-30(41)36(20-37)14-7-5-6-9-28(39)33-18-29(40)34-21(2)31(42)35-24-12-10-23(19-45-3)22(15-24)11-13-26-16-25(38)17-27(46-26)32(43)44;1-4(2)3-5;1-3-2/h4,8,10,12,15,20-21,25-27,38H,5-7,9,11,13-14,16-19H2,1-3H3,(H,33,39)(H,34,40)(H,35,42)(H,43,44);3-4H,1-2H3;3H2,1-2H3/b8-4-;;. The molecule has 2 rings (SSSR count). The van der Waals surface area contributed by atoms with Gasteiger partial charge in [-0.05, 0) is 75.3 Å². The zero-order valence-electron chi connectivity index (χ0n) is 32.9. The first kappa shape index (κ1) is 49.5. The predicted molar refractivity (Wildman–Crippen MR) is 204 cm³/mol. The third-order valence-electron chi connectivity index (χ3n) is 7.67. The van der Waals surface area contributed by atoms with Crippen LogP contribution < -0.4 is 16.0 Å². The Morgan fingerprint density at radius 1 is 1.02 bits per heavy atom. The number of allylic oxidation sites excluding steroid dienone is 1. The Labute approximate surface area is 319 Å². The average Bonchev–Trinajstić information content (AvgIpc) is 3.12. The van der Waals surface area contributed by atoms with Gasteiger partial charge in [0, 0.05) is 38.1 Å². The molecular formula is C39H62N4O11. The summed E-state index contributed by atoms with van der Waals surface area (Å²) in [6.45, 7) is 11.4. The molecule has 0 saturated carbocycles. The van der Waals surface area contributed by atoms with E-state index >= 15 is 0 Å². The molecule has 0 bridgehead atoms. The number of amides is 5. The molecule has 1 aromatic carbocycles. The molecule has 5 amide bonds. The number of anilines is 1. The lowest BCUT2D eigenvalue weighted by atomic mass is 9.94.